The third-order valence-corrected chi connectivity index (χ3v) is 8.19. The summed E-state index contributed by atoms with van der Waals surface area (Å²) in [5.41, 5.74) is 0.374. The van der Waals surface area contributed by atoms with Crippen LogP contribution in [0.15, 0.2) is 0 Å². The van der Waals surface area contributed by atoms with Crippen molar-refractivity contribution in [2.24, 2.45) is 34.5 Å². The summed E-state index contributed by atoms with van der Waals surface area (Å²) < 4.78 is 0. The molecule has 0 spiro atoms. The van der Waals surface area contributed by atoms with Gasteiger partial charge in [-0.3, -0.25) is 9.59 Å². The molecule has 0 radical (unpaired) electrons. The Bertz CT molecular complexity index is 496. The molecule has 0 saturated heterocycles. The first kappa shape index (κ1) is 14.0. The second kappa shape index (κ2) is 4.43. The van der Waals surface area contributed by atoms with E-state index in [1.54, 1.807) is 0 Å². The summed E-state index contributed by atoms with van der Waals surface area (Å²) >= 11 is 0. The molecule has 21 heavy (non-hydrogen) atoms. The van der Waals surface area contributed by atoms with Crippen LogP contribution >= 0.6 is 0 Å². The fourth-order valence-electron chi connectivity index (χ4n) is 6.82. The minimum Gasteiger partial charge on any atom is -0.300 e. The zero-order valence-electron chi connectivity index (χ0n) is 13.5. The number of hydrogen-bond acceptors (Lipinski definition) is 2. The molecule has 0 N–H and O–H groups in total. The first-order chi connectivity index (χ1) is 9.95. The Hall–Kier alpha value is -0.660. The van der Waals surface area contributed by atoms with Crippen LogP contribution in [0.1, 0.15) is 71.6 Å². The summed E-state index contributed by atoms with van der Waals surface area (Å²) in [6.45, 7) is 4.72. The topological polar surface area (TPSA) is 34.1 Å². The maximum atomic E-state index is 12.4. The van der Waals surface area contributed by atoms with Crippen LogP contribution < -0.4 is 0 Å². The highest BCUT2D eigenvalue weighted by Crippen LogP contribution is 2.65. The SMILES string of the molecule is C[C@@]12CCC(=O)C[C@H]1CC[C@@H]1[C@H]3CCC(=O)[C@@]3(C)CC[C@@H]12. The number of Topliss-reactive ketones (excluding diaryl/α,β-unsaturated/α-hetero) is 2. The molecule has 4 aliphatic carbocycles. The maximum Gasteiger partial charge on any atom is 0.139 e. The summed E-state index contributed by atoms with van der Waals surface area (Å²) in [6, 6.07) is 0. The van der Waals surface area contributed by atoms with E-state index in [2.05, 4.69) is 13.8 Å². The molecule has 0 amide bonds. The molecule has 0 bridgehead atoms. The van der Waals surface area contributed by atoms with Crippen LogP contribution in [-0.4, -0.2) is 11.6 Å². The maximum absolute atomic E-state index is 12.4. The lowest BCUT2D eigenvalue weighted by atomic mass is 9.45. The van der Waals surface area contributed by atoms with E-state index < -0.39 is 0 Å². The summed E-state index contributed by atoms with van der Waals surface area (Å²) in [5.74, 6) is 3.82. The average molecular weight is 288 g/mol. The van der Waals surface area contributed by atoms with E-state index in [9.17, 15) is 9.59 Å². The van der Waals surface area contributed by atoms with Crippen LogP contribution in [0.5, 0.6) is 0 Å². The van der Waals surface area contributed by atoms with Crippen molar-refractivity contribution < 1.29 is 9.59 Å². The summed E-state index contributed by atoms with van der Waals surface area (Å²) in [6.07, 6.45) is 9.53. The number of carbonyl (C=O) groups excluding carboxylic acids is 2. The van der Waals surface area contributed by atoms with Crippen molar-refractivity contribution in [3.8, 4) is 0 Å². The van der Waals surface area contributed by atoms with Gasteiger partial charge in [-0.05, 0) is 67.6 Å². The molecule has 4 saturated carbocycles. The van der Waals surface area contributed by atoms with E-state index in [0.29, 0.717) is 28.8 Å². The van der Waals surface area contributed by atoms with E-state index >= 15 is 0 Å². The molecule has 2 nitrogen and oxygen atoms in total. The smallest absolute Gasteiger partial charge is 0.139 e. The van der Waals surface area contributed by atoms with Gasteiger partial charge in [0.25, 0.3) is 0 Å². The van der Waals surface area contributed by atoms with Gasteiger partial charge in [-0.2, -0.15) is 0 Å². The normalized spacial score (nSPS) is 53.0. The average Bonchev–Trinajstić information content (AvgIpc) is 2.76. The quantitative estimate of drug-likeness (QED) is 0.670. The van der Waals surface area contributed by atoms with Crippen LogP contribution in [0.2, 0.25) is 0 Å². The van der Waals surface area contributed by atoms with Gasteiger partial charge in [0.1, 0.15) is 11.6 Å². The summed E-state index contributed by atoms with van der Waals surface area (Å²) in [4.78, 5) is 24.2. The molecule has 4 rings (SSSR count). The van der Waals surface area contributed by atoms with Gasteiger partial charge in [0.05, 0.1) is 0 Å². The zero-order chi connectivity index (χ0) is 14.8. The molecule has 0 aliphatic heterocycles. The molecule has 0 heterocycles. The predicted molar refractivity (Wildman–Crippen MR) is 81.7 cm³/mol. The van der Waals surface area contributed by atoms with Gasteiger partial charge in [-0.25, -0.2) is 0 Å². The first-order valence-corrected chi connectivity index (χ1v) is 9.00. The van der Waals surface area contributed by atoms with Crippen LogP contribution in [0, 0.1) is 34.5 Å². The molecule has 0 aromatic rings. The van der Waals surface area contributed by atoms with Crippen LogP contribution in [0.25, 0.3) is 0 Å². The van der Waals surface area contributed by atoms with Crippen molar-refractivity contribution >= 4 is 11.6 Å². The minimum atomic E-state index is -0.00511. The lowest BCUT2D eigenvalue weighted by molar-refractivity contribution is -0.144. The highest BCUT2D eigenvalue weighted by Gasteiger charge is 2.60. The van der Waals surface area contributed by atoms with E-state index in [1.807, 2.05) is 0 Å². The van der Waals surface area contributed by atoms with Gasteiger partial charge < -0.3 is 0 Å². The van der Waals surface area contributed by atoms with Gasteiger partial charge in [0.2, 0.25) is 0 Å². The molecule has 6 atom stereocenters. The third kappa shape index (κ3) is 1.77. The van der Waals surface area contributed by atoms with Crippen LogP contribution in [0.3, 0.4) is 0 Å². The van der Waals surface area contributed by atoms with Gasteiger partial charge in [-0.1, -0.05) is 13.8 Å². The minimum absolute atomic E-state index is 0.00511. The summed E-state index contributed by atoms with van der Waals surface area (Å²) in [5, 5.41) is 0. The lowest BCUT2D eigenvalue weighted by Crippen LogP contribution is -2.53. The Morgan fingerprint density at radius 2 is 1.71 bits per heavy atom. The van der Waals surface area contributed by atoms with E-state index in [1.165, 1.54) is 19.3 Å². The molecule has 116 valence electrons. The fourth-order valence-corrected chi connectivity index (χ4v) is 6.82. The third-order valence-electron chi connectivity index (χ3n) is 8.19. The molecule has 4 fully saturated rings. The van der Waals surface area contributed by atoms with Crippen molar-refractivity contribution in [1.29, 1.82) is 0 Å². The molecule has 0 unspecified atom stereocenters. The van der Waals surface area contributed by atoms with E-state index in [0.717, 1.165) is 50.4 Å². The van der Waals surface area contributed by atoms with Gasteiger partial charge in [0.15, 0.2) is 0 Å². The number of carbonyl (C=O) groups is 2. The monoisotopic (exact) mass is 288 g/mol. The standard InChI is InChI=1S/C19H28O2/c1-18-9-7-13(20)11-12(18)3-4-14-15-5-6-17(21)19(15,2)10-8-16(14)18/h12,14-16H,3-11H2,1-2H3/t12-,14-,15-,16+,18-,19+/m1/s1. The Kier molecular flexibility index (Phi) is 2.94. The highest BCUT2D eigenvalue weighted by atomic mass is 16.1. The number of fused-ring (bicyclic) bond motifs is 5. The van der Waals surface area contributed by atoms with Gasteiger partial charge in [-0.15, -0.1) is 0 Å². The Morgan fingerprint density at radius 1 is 0.905 bits per heavy atom. The Balaban J connectivity index is 1.65. The molecule has 2 heteroatoms. The molecule has 0 aromatic carbocycles. The summed E-state index contributed by atoms with van der Waals surface area (Å²) in [7, 11) is 0. The first-order valence-electron chi connectivity index (χ1n) is 9.00. The van der Waals surface area contributed by atoms with Gasteiger partial charge in [0, 0.05) is 24.7 Å². The second-order valence-corrected chi connectivity index (χ2v) is 8.82. The second-order valence-electron chi connectivity index (χ2n) is 8.82. The largest absolute Gasteiger partial charge is 0.300 e. The van der Waals surface area contributed by atoms with Crippen molar-refractivity contribution in [3.63, 3.8) is 0 Å². The molecular formula is C19H28O2. The number of rotatable bonds is 0. The zero-order valence-corrected chi connectivity index (χ0v) is 13.5. The fraction of sp³-hybridized carbons (Fsp3) is 0.895. The predicted octanol–water partition coefficient (Wildman–Crippen LogP) is 4.17. The molecule has 4 aliphatic rings. The van der Waals surface area contributed by atoms with Crippen molar-refractivity contribution in [3.05, 3.63) is 0 Å². The van der Waals surface area contributed by atoms with Crippen molar-refractivity contribution in [2.45, 2.75) is 71.6 Å². The van der Waals surface area contributed by atoms with Gasteiger partial charge >= 0.3 is 0 Å². The number of ketones is 2. The van der Waals surface area contributed by atoms with Crippen LogP contribution in [-0.2, 0) is 9.59 Å². The van der Waals surface area contributed by atoms with Crippen molar-refractivity contribution in [1.82, 2.24) is 0 Å². The molecular weight excluding hydrogens is 260 g/mol. The van der Waals surface area contributed by atoms with Crippen molar-refractivity contribution in [2.75, 3.05) is 0 Å². The van der Waals surface area contributed by atoms with E-state index in [4.69, 9.17) is 0 Å². The van der Waals surface area contributed by atoms with Crippen LogP contribution in [0.4, 0.5) is 0 Å². The Labute approximate surface area is 128 Å². The highest BCUT2D eigenvalue weighted by molar-refractivity contribution is 5.87. The van der Waals surface area contributed by atoms with E-state index in [-0.39, 0.29) is 5.41 Å². The molecule has 0 aromatic heterocycles. The number of hydrogen-bond donors (Lipinski definition) is 0. The lowest BCUT2D eigenvalue weighted by Gasteiger charge is -2.59. The Morgan fingerprint density at radius 3 is 2.52 bits per heavy atom.